The van der Waals surface area contributed by atoms with E-state index in [0.717, 1.165) is 48.1 Å². The smallest absolute Gasteiger partial charge is 0.276 e. The Bertz CT molecular complexity index is 877. The number of aryl methyl sites for hydroxylation is 1. The molecule has 0 bridgehead atoms. The predicted molar refractivity (Wildman–Crippen MR) is 77.8 cm³/mol. The van der Waals surface area contributed by atoms with Gasteiger partial charge < -0.3 is 0 Å². The lowest BCUT2D eigenvalue weighted by molar-refractivity contribution is 0.628. The second-order valence-corrected chi connectivity index (χ2v) is 5.40. The molecular weight excluding hydrogens is 269 g/mol. The van der Waals surface area contributed by atoms with Gasteiger partial charge in [-0.1, -0.05) is 12.1 Å². The predicted octanol–water partition coefficient (Wildman–Crippen LogP) is 2.71. The lowest BCUT2D eigenvalue weighted by atomic mass is 9.97. The van der Waals surface area contributed by atoms with E-state index in [2.05, 4.69) is 10.1 Å². The highest BCUT2D eigenvalue weighted by atomic mass is 19.1. The fraction of sp³-hybridized carbons (Fsp3) is 0.250. The lowest BCUT2D eigenvalue weighted by Gasteiger charge is -2.13. The molecule has 4 rings (SSSR count). The van der Waals surface area contributed by atoms with E-state index < -0.39 is 0 Å². The molecule has 4 nitrogen and oxygen atoms in total. The third kappa shape index (κ3) is 1.88. The SMILES string of the molecule is O=c1c2c(nc3c(-c4ccc(F)cc4)c[nH]n13)CCCC2. The standard InChI is InChI=1S/C16H14FN3O/c17-11-7-5-10(6-8-11)13-9-18-20-15(13)19-14-4-2-1-3-12(14)16(20)21/h5-9,18H,1-4H2. The van der Waals surface area contributed by atoms with Crippen LogP contribution in [-0.2, 0) is 12.8 Å². The van der Waals surface area contributed by atoms with E-state index in [9.17, 15) is 9.18 Å². The largest absolute Gasteiger partial charge is 0.296 e. The summed E-state index contributed by atoms with van der Waals surface area (Å²) in [6.45, 7) is 0. The number of nitrogens with zero attached hydrogens (tertiary/aromatic N) is 2. The van der Waals surface area contributed by atoms with Gasteiger partial charge in [-0.3, -0.25) is 9.89 Å². The van der Waals surface area contributed by atoms with Gasteiger partial charge in [0.15, 0.2) is 5.65 Å². The number of H-pyrrole nitrogens is 1. The molecule has 106 valence electrons. The van der Waals surface area contributed by atoms with Gasteiger partial charge in [0.25, 0.3) is 5.56 Å². The van der Waals surface area contributed by atoms with Crippen molar-refractivity contribution in [1.82, 2.24) is 14.6 Å². The maximum atomic E-state index is 13.1. The molecule has 0 amide bonds. The number of nitrogens with one attached hydrogen (secondary N) is 1. The molecule has 1 aromatic carbocycles. The van der Waals surface area contributed by atoms with Crippen LogP contribution in [0.4, 0.5) is 4.39 Å². The van der Waals surface area contributed by atoms with E-state index in [1.165, 1.54) is 16.6 Å². The fourth-order valence-electron chi connectivity index (χ4n) is 2.99. The van der Waals surface area contributed by atoms with Crippen molar-refractivity contribution in [3.63, 3.8) is 0 Å². The van der Waals surface area contributed by atoms with Gasteiger partial charge in [-0.15, -0.1) is 0 Å². The minimum Gasteiger partial charge on any atom is -0.296 e. The van der Waals surface area contributed by atoms with Gasteiger partial charge in [-0.25, -0.2) is 13.9 Å². The molecule has 1 aliphatic rings. The quantitative estimate of drug-likeness (QED) is 0.746. The molecule has 2 heterocycles. The second kappa shape index (κ2) is 4.55. The molecule has 0 saturated carbocycles. The van der Waals surface area contributed by atoms with Crippen molar-refractivity contribution in [1.29, 1.82) is 0 Å². The summed E-state index contributed by atoms with van der Waals surface area (Å²) in [6, 6.07) is 6.22. The van der Waals surface area contributed by atoms with E-state index >= 15 is 0 Å². The first-order chi connectivity index (χ1) is 10.2. The van der Waals surface area contributed by atoms with E-state index in [-0.39, 0.29) is 11.4 Å². The van der Waals surface area contributed by atoms with Crippen molar-refractivity contribution in [2.45, 2.75) is 25.7 Å². The van der Waals surface area contributed by atoms with Crippen LogP contribution in [0.2, 0.25) is 0 Å². The van der Waals surface area contributed by atoms with E-state index in [1.54, 1.807) is 18.3 Å². The first kappa shape index (κ1) is 12.3. The highest BCUT2D eigenvalue weighted by molar-refractivity contribution is 5.77. The Balaban J connectivity index is 1.98. The zero-order valence-electron chi connectivity index (χ0n) is 11.4. The molecule has 0 saturated heterocycles. The molecule has 0 unspecified atom stereocenters. The number of hydrogen-bond acceptors (Lipinski definition) is 2. The van der Waals surface area contributed by atoms with Crippen LogP contribution in [0.1, 0.15) is 24.1 Å². The Kier molecular flexibility index (Phi) is 2.67. The molecule has 1 N–H and O–H groups in total. The summed E-state index contributed by atoms with van der Waals surface area (Å²) < 4.78 is 14.5. The van der Waals surface area contributed by atoms with Gasteiger partial charge in [0.1, 0.15) is 5.82 Å². The Morgan fingerprint density at radius 3 is 2.71 bits per heavy atom. The van der Waals surface area contributed by atoms with E-state index in [1.807, 2.05) is 0 Å². The van der Waals surface area contributed by atoms with Crippen LogP contribution in [0, 0.1) is 5.82 Å². The minimum atomic E-state index is -0.277. The monoisotopic (exact) mass is 283 g/mol. The molecule has 21 heavy (non-hydrogen) atoms. The number of aromatic nitrogens is 3. The average Bonchev–Trinajstić information content (AvgIpc) is 2.92. The number of halogens is 1. The number of aromatic amines is 1. The van der Waals surface area contributed by atoms with Crippen LogP contribution in [0.25, 0.3) is 16.8 Å². The van der Waals surface area contributed by atoms with Gasteiger partial charge in [-0.2, -0.15) is 0 Å². The van der Waals surface area contributed by atoms with Crippen molar-refractivity contribution in [3.8, 4) is 11.1 Å². The maximum absolute atomic E-state index is 13.1. The number of rotatable bonds is 1. The lowest BCUT2D eigenvalue weighted by Crippen LogP contribution is -2.24. The molecule has 1 aliphatic carbocycles. The maximum Gasteiger partial charge on any atom is 0.276 e. The summed E-state index contributed by atoms with van der Waals surface area (Å²) in [7, 11) is 0. The van der Waals surface area contributed by atoms with Crippen molar-refractivity contribution in [2.24, 2.45) is 0 Å². The van der Waals surface area contributed by atoms with Gasteiger partial charge in [-0.05, 0) is 43.4 Å². The molecule has 5 heteroatoms. The van der Waals surface area contributed by atoms with Crippen LogP contribution in [0.5, 0.6) is 0 Å². The number of hydrogen-bond donors (Lipinski definition) is 1. The first-order valence-electron chi connectivity index (χ1n) is 7.12. The zero-order valence-corrected chi connectivity index (χ0v) is 11.4. The van der Waals surface area contributed by atoms with Gasteiger partial charge >= 0.3 is 0 Å². The average molecular weight is 283 g/mol. The number of benzene rings is 1. The third-order valence-electron chi connectivity index (χ3n) is 4.09. The van der Waals surface area contributed by atoms with Crippen LogP contribution in [0.15, 0.2) is 35.3 Å². The molecule has 0 fully saturated rings. The second-order valence-electron chi connectivity index (χ2n) is 5.40. The van der Waals surface area contributed by atoms with E-state index in [0.29, 0.717) is 5.65 Å². The van der Waals surface area contributed by atoms with Crippen molar-refractivity contribution < 1.29 is 4.39 Å². The molecule has 0 radical (unpaired) electrons. The normalized spacial score (nSPS) is 14.3. The Morgan fingerprint density at radius 1 is 1.14 bits per heavy atom. The van der Waals surface area contributed by atoms with Crippen molar-refractivity contribution in [2.75, 3.05) is 0 Å². The van der Waals surface area contributed by atoms with Crippen LogP contribution in [0.3, 0.4) is 0 Å². The molecular formula is C16H14FN3O. The minimum absolute atomic E-state index is 0.0111. The summed E-state index contributed by atoms with van der Waals surface area (Å²) in [5.74, 6) is -0.277. The van der Waals surface area contributed by atoms with Crippen LogP contribution < -0.4 is 5.56 Å². The zero-order chi connectivity index (χ0) is 14.4. The molecule has 0 aliphatic heterocycles. The summed E-state index contributed by atoms with van der Waals surface area (Å²) in [5.41, 5.74) is 4.01. The number of fused-ring (bicyclic) bond motifs is 2. The summed E-state index contributed by atoms with van der Waals surface area (Å²) >= 11 is 0. The Morgan fingerprint density at radius 2 is 1.90 bits per heavy atom. The fourth-order valence-corrected chi connectivity index (χ4v) is 2.99. The topological polar surface area (TPSA) is 50.2 Å². The summed E-state index contributed by atoms with van der Waals surface area (Å²) in [5, 5.41) is 2.97. The van der Waals surface area contributed by atoms with Crippen molar-refractivity contribution in [3.05, 3.63) is 57.9 Å². The molecule has 0 spiro atoms. The highest BCUT2D eigenvalue weighted by Gasteiger charge is 2.19. The van der Waals surface area contributed by atoms with Gasteiger partial charge in [0.05, 0.1) is 5.69 Å². The molecule has 2 aromatic heterocycles. The Hall–Kier alpha value is -2.43. The van der Waals surface area contributed by atoms with Crippen molar-refractivity contribution >= 4 is 5.65 Å². The van der Waals surface area contributed by atoms with Crippen LogP contribution >= 0.6 is 0 Å². The highest BCUT2D eigenvalue weighted by Crippen LogP contribution is 2.25. The van der Waals surface area contributed by atoms with Crippen LogP contribution in [-0.4, -0.2) is 14.6 Å². The first-order valence-corrected chi connectivity index (χ1v) is 7.12. The van der Waals surface area contributed by atoms with E-state index in [4.69, 9.17) is 0 Å². The molecule has 3 aromatic rings. The summed E-state index contributed by atoms with van der Waals surface area (Å²) in [4.78, 5) is 17.2. The summed E-state index contributed by atoms with van der Waals surface area (Å²) in [6.07, 6.45) is 5.53. The molecule has 0 atom stereocenters. The Labute approximate surface area is 120 Å². The van der Waals surface area contributed by atoms with Gasteiger partial charge in [0, 0.05) is 17.3 Å². The van der Waals surface area contributed by atoms with Gasteiger partial charge in [0.2, 0.25) is 0 Å². The third-order valence-corrected chi connectivity index (χ3v) is 4.09.